The summed E-state index contributed by atoms with van der Waals surface area (Å²) in [6.45, 7) is 4.41. The Morgan fingerprint density at radius 3 is 2.48 bits per heavy atom. The first-order valence-corrected chi connectivity index (χ1v) is 8.54. The van der Waals surface area contributed by atoms with Crippen LogP contribution in [-0.4, -0.2) is 11.9 Å². The number of carbonyl (C=O) groups is 2. The molecule has 0 aromatic heterocycles. The number of hydrogen-bond acceptors (Lipinski definition) is 2. The van der Waals surface area contributed by atoms with Gasteiger partial charge in [0.25, 0.3) is 0 Å². The second kappa shape index (κ2) is 7.38. The van der Waals surface area contributed by atoms with E-state index in [0.29, 0.717) is 17.9 Å². The fourth-order valence-corrected chi connectivity index (χ4v) is 2.57. The van der Waals surface area contributed by atoms with Crippen LogP contribution in [0.2, 0.25) is 0 Å². The van der Waals surface area contributed by atoms with Crippen LogP contribution in [0.3, 0.4) is 0 Å². The van der Waals surface area contributed by atoms with Crippen molar-refractivity contribution in [2.24, 2.45) is 5.92 Å². The lowest BCUT2D eigenvalue weighted by Crippen LogP contribution is -2.28. The zero-order chi connectivity index (χ0) is 17.8. The van der Waals surface area contributed by atoms with Crippen molar-refractivity contribution in [3.8, 4) is 0 Å². The highest BCUT2D eigenvalue weighted by atomic mass is 16.2. The van der Waals surface area contributed by atoms with Gasteiger partial charge in [-0.25, -0.2) is 4.79 Å². The molecule has 5 nitrogen and oxygen atoms in total. The maximum absolute atomic E-state index is 12.2. The fourth-order valence-electron chi connectivity index (χ4n) is 2.57. The third kappa shape index (κ3) is 4.59. The van der Waals surface area contributed by atoms with Gasteiger partial charge in [-0.1, -0.05) is 30.3 Å². The standard InChI is InChI=1S/C20H23N3O2/c1-13-5-3-4-6-16(13)12-21-20(25)23-18-11-17(10-7-14(18)2)22-19(24)15-8-9-15/h3-7,10-11,15H,8-9,12H2,1-2H3,(H,22,24)(H2,21,23,25). The molecule has 3 amide bonds. The van der Waals surface area contributed by atoms with Crippen molar-refractivity contribution in [3.63, 3.8) is 0 Å². The molecule has 25 heavy (non-hydrogen) atoms. The van der Waals surface area contributed by atoms with Gasteiger partial charge in [-0.15, -0.1) is 0 Å². The predicted molar refractivity (Wildman–Crippen MR) is 99.6 cm³/mol. The summed E-state index contributed by atoms with van der Waals surface area (Å²) in [7, 11) is 0. The fraction of sp³-hybridized carbons (Fsp3) is 0.300. The second-order valence-electron chi connectivity index (χ2n) is 6.53. The van der Waals surface area contributed by atoms with Crippen LogP contribution in [-0.2, 0) is 11.3 Å². The first-order chi connectivity index (χ1) is 12.0. The monoisotopic (exact) mass is 337 g/mol. The Morgan fingerprint density at radius 2 is 1.76 bits per heavy atom. The van der Waals surface area contributed by atoms with E-state index in [9.17, 15) is 9.59 Å². The lowest BCUT2D eigenvalue weighted by atomic mass is 10.1. The molecule has 3 N–H and O–H groups in total. The maximum atomic E-state index is 12.2. The Morgan fingerprint density at radius 1 is 1.00 bits per heavy atom. The molecule has 0 atom stereocenters. The van der Waals surface area contributed by atoms with Crippen molar-refractivity contribution in [1.29, 1.82) is 0 Å². The highest BCUT2D eigenvalue weighted by molar-refractivity contribution is 5.96. The number of aryl methyl sites for hydroxylation is 2. The average molecular weight is 337 g/mol. The number of benzene rings is 2. The molecule has 0 heterocycles. The van der Waals surface area contributed by atoms with Gasteiger partial charge in [-0.05, 0) is 55.5 Å². The van der Waals surface area contributed by atoms with Crippen LogP contribution < -0.4 is 16.0 Å². The van der Waals surface area contributed by atoms with Crippen molar-refractivity contribution < 1.29 is 9.59 Å². The van der Waals surface area contributed by atoms with E-state index in [0.717, 1.165) is 29.5 Å². The lowest BCUT2D eigenvalue weighted by Gasteiger charge is -2.13. The molecule has 0 unspecified atom stereocenters. The topological polar surface area (TPSA) is 70.2 Å². The first-order valence-electron chi connectivity index (χ1n) is 8.54. The number of hydrogen-bond donors (Lipinski definition) is 3. The summed E-state index contributed by atoms with van der Waals surface area (Å²) in [6, 6.07) is 13.2. The predicted octanol–water partition coefficient (Wildman–Crippen LogP) is 3.97. The summed E-state index contributed by atoms with van der Waals surface area (Å²) in [5.74, 6) is 0.203. The molecule has 3 rings (SSSR count). The molecule has 0 radical (unpaired) electrons. The molecule has 130 valence electrons. The summed E-state index contributed by atoms with van der Waals surface area (Å²) >= 11 is 0. The quantitative estimate of drug-likeness (QED) is 0.772. The summed E-state index contributed by atoms with van der Waals surface area (Å²) in [5.41, 5.74) is 4.56. The smallest absolute Gasteiger partial charge is 0.319 e. The molecule has 0 bridgehead atoms. The highest BCUT2D eigenvalue weighted by Gasteiger charge is 2.29. The molecule has 0 saturated heterocycles. The van der Waals surface area contributed by atoms with Gasteiger partial charge in [0.05, 0.1) is 0 Å². The van der Waals surface area contributed by atoms with E-state index in [1.54, 1.807) is 6.07 Å². The van der Waals surface area contributed by atoms with Gasteiger partial charge in [-0.3, -0.25) is 4.79 Å². The van der Waals surface area contributed by atoms with Gasteiger partial charge in [0, 0.05) is 23.8 Å². The zero-order valence-electron chi connectivity index (χ0n) is 14.6. The zero-order valence-corrected chi connectivity index (χ0v) is 14.6. The normalized spacial score (nSPS) is 13.2. The molecule has 1 aliphatic carbocycles. The summed E-state index contributed by atoms with van der Waals surface area (Å²) < 4.78 is 0. The van der Waals surface area contributed by atoms with Crippen LogP contribution >= 0.6 is 0 Å². The largest absolute Gasteiger partial charge is 0.334 e. The molecule has 2 aromatic rings. The van der Waals surface area contributed by atoms with Crippen LogP contribution in [0, 0.1) is 19.8 Å². The van der Waals surface area contributed by atoms with Gasteiger partial charge < -0.3 is 16.0 Å². The second-order valence-corrected chi connectivity index (χ2v) is 6.53. The van der Waals surface area contributed by atoms with Crippen LogP contribution in [0.15, 0.2) is 42.5 Å². The van der Waals surface area contributed by atoms with Crippen molar-refractivity contribution in [1.82, 2.24) is 5.32 Å². The third-order valence-electron chi connectivity index (χ3n) is 4.40. The number of carbonyl (C=O) groups excluding carboxylic acids is 2. The molecular weight excluding hydrogens is 314 g/mol. The third-order valence-corrected chi connectivity index (χ3v) is 4.40. The summed E-state index contributed by atoms with van der Waals surface area (Å²) in [5, 5.41) is 8.62. The van der Waals surface area contributed by atoms with E-state index in [2.05, 4.69) is 16.0 Å². The Hall–Kier alpha value is -2.82. The van der Waals surface area contributed by atoms with Crippen LogP contribution in [0.4, 0.5) is 16.2 Å². The van der Waals surface area contributed by atoms with E-state index in [1.165, 1.54) is 0 Å². The summed E-state index contributed by atoms with van der Waals surface area (Å²) in [4.78, 5) is 24.1. The van der Waals surface area contributed by atoms with Gasteiger partial charge in [0.15, 0.2) is 0 Å². The van der Waals surface area contributed by atoms with Crippen molar-refractivity contribution >= 4 is 23.3 Å². The Balaban J connectivity index is 1.60. The Kier molecular flexibility index (Phi) is 5.03. The maximum Gasteiger partial charge on any atom is 0.319 e. The minimum Gasteiger partial charge on any atom is -0.334 e. The van der Waals surface area contributed by atoms with E-state index in [1.807, 2.05) is 50.2 Å². The molecular formula is C20H23N3O2. The van der Waals surface area contributed by atoms with Crippen LogP contribution in [0.5, 0.6) is 0 Å². The number of urea groups is 1. The first kappa shape index (κ1) is 17.0. The molecule has 0 spiro atoms. The molecule has 1 fully saturated rings. The van der Waals surface area contributed by atoms with Crippen LogP contribution in [0.25, 0.3) is 0 Å². The lowest BCUT2D eigenvalue weighted by molar-refractivity contribution is -0.117. The molecule has 2 aromatic carbocycles. The van der Waals surface area contributed by atoms with Crippen molar-refractivity contribution in [2.75, 3.05) is 10.6 Å². The SMILES string of the molecule is Cc1ccccc1CNC(=O)Nc1cc(NC(=O)C2CC2)ccc1C. The minimum atomic E-state index is -0.267. The molecule has 5 heteroatoms. The highest BCUT2D eigenvalue weighted by Crippen LogP contribution is 2.30. The van der Waals surface area contributed by atoms with Gasteiger partial charge in [0.1, 0.15) is 0 Å². The van der Waals surface area contributed by atoms with E-state index >= 15 is 0 Å². The Bertz CT molecular complexity index is 797. The number of rotatable bonds is 5. The number of amides is 3. The van der Waals surface area contributed by atoms with Crippen molar-refractivity contribution in [2.45, 2.75) is 33.2 Å². The summed E-state index contributed by atoms with van der Waals surface area (Å²) in [6.07, 6.45) is 1.92. The van der Waals surface area contributed by atoms with E-state index in [-0.39, 0.29) is 17.9 Å². The Labute approximate surface area is 147 Å². The van der Waals surface area contributed by atoms with Gasteiger partial charge in [0.2, 0.25) is 5.91 Å². The molecule has 1 aliphatic rings. The molecule has 0 aliphatic heterocycles. The minimum absolute atomic E-state index is 0.0545. The van der Waals surface area contributed by atoms with Crippen LogP contribution in [0.1, 0.15) is 29.5 Å². The number of anilines is 2. The van der Waals surface area contributed by atoms with Crippen molar-refractivity contribution in [3.05, 3.63) is 59.2 Å². The van der Waals surface area contributed by atoms with Gasteiger partial charge >= 0.3 is 6.03 Å². The molecule has 1 saturated carbocycles. The van der Waals surface area contributed by atoms with E-state index < -0.39 is 0 Å². The average Bonchev–Trinajstić information content (AvgIpc) is 3.42. The van der Waals surface area contributed by atoms with E-state index in [4.69, 9.17) is 0 Å². The van der Waals surface area contributed by atoms with Gasteiger partial charge in [-0.2, -0.15) is 0 Å². The number of nitrogens with one attached hydrogen (secondary N) is 3.